The van der Waals surface area contributed by atoms with Gasteiger partial charge in [0.05, 0.1) is 19.1 Å². The smallest absolute Gasteiger partial charge is 0.244 e. The van der Waals surface area contributed by atoms with Crippen molar-refractivity contribution >= 4 is 50.7 Å². The lowest BCUT2D eigenvalue weighted by Gasteiger charge is -2.31. The zero-order chi connectivity index (χ0) is 24.1. The summed E-state index contributed by atoms with van der Waals surface area (Å²) in [5, 5.41) is 3.15. The maximum absolute atomic E-state index is 13.3. The zero-order valence-electron chi connectivity index (χ0n) is 18.1. The van der Waals surface area contributed by atoms with Gasteiger partial charge in [0.1, 0.15) is 18.3 Å². The summed E-state index contributed by atoms with van der Waals surface area (Å²) in [5.41, 5.74) is 0.736. The van der Waals surface area contributed by atoms with Gasteiger partial charge in [-0.2, -0.15) is 0 Å². The normalized spacial score (nSPS) is 12.1. The number of amides is 2. The van der Waals surface area contributed by atoms with Gasteiger partial charge < -0.3 is 15.0 Å². The fourth-order valence-corrected chi connectivity index (χ4v) is 4.37. The molecule has 1 atom stereocenters. The molecule has 0 saturated carbocycles. The Hall–Kier alpha value is -2.49. The monoisotopic (exact) mass is 501 g/mol. The average Bonchev–Trinajstić information content (AvgIpc) is 2.75. The summed E-state index contributed by atoms with van der Waals surface area (Å²) in [5.74, 6) is -0.480. The van der Waals surface area contributed by atoms with E-state index < -0.39 is 34.4 Å². The molecule has 0 aromatic heterocycles. The van der Waals surface area contributed by atoms with E-state index >= 15 is 0 Å². The van der Waals surface area contributed by atoms with Crippen molar-refractivity contribution in [2.24, 2.45) is 0 Å². The van der Waals surface area contributed by atoms with Gasteiger partial charge in [-0.15, -0.1) is 0 Å². The van der Waals surface area contributed by atoms with Crippen LogP contribution in [0.25, 0.3) is 0 Å². The fraction of sp³-hybridized carbons (Fsp3) is 0.333. The highest BCUT2D eigenvalue weighted by atomic mass is 35.5. The van der Waals surface area contributed by atoms with E-state index in [-0.39, 0.29) is 12.2 Å². The lowest BCUT2D eigenvalue weighted by Crippen LogP contribution is -2.50. The SMILES string of the molecule is CNC(=O)C(C)N(Cc1c(Cl)cccc1Cl)C(=O)CN(c1ccc(OC)cc1)S(C)(=O)=O. The van der Waals surface area contributed by atoms with Gasteiger partial charge in [-0.25, -0.2) is 8.42 Å². The summed E-state index contributed by atoms with van der Waals surface area (Å²) in [7, 11) is -0.875. The van der Waals surface area contributed by atoms with Crippen LogP contribution >= 0.6 is 23.2 Å². The van der Waals surface area contributed by atoms with Crippen molar-refractivity contribution in [2.45, 2.75) is 19.5 Å². The highest BCUT2D eigenvalue weighted by Crippen LogP contribution is 2.27. The number of likely N-dealkylation sites (N-methyl/N-ethyl adjacent to an activating group) is 1. The van der Waals surface area contributed by atoms with Gasteiger partial charge >= 0.3 is 0 Å². The Morgan fingerprint density at radius 2 is 1.66 bits per heavy atom. The Bertz CT molecular complexity index is 1060. The number of methoxy groups -OCH3 is 1. The highest BCUT2D eigenvalue weighted by molar-refractivity contribution is 7.92. The minimum absolute atomic E-state index is 0.0772. The van der Waals surface area contributed by atoms with E-state index in [2.05, 4.69) is 5.32 Å². The number of sulfonamides is 1. The van der Waals surface area contributed by atoms with Crippen molar-refractivity contribution < 1.29 is 22.7 Å². The molecule has 0 bridgehead atoms. The first kappa shape index (κ1) is 25.8. The molecule has 2 rings (SSSR count). The lowest BCUT2D eigenvalue weighted by molar-refractivity contribution is -0.139. The van der Waals surface area contributed by atoms with Crippen LogP contribution < -0.4 is 14.4 Å². The van der Waals surface area contributed by atoms with Gasteiger partial charge in [0.2, 0.25) is 21.8 Å². The van der Waals surface area contributed by atoms with Crippen LogP contribution in [0, 0.1) is 0 Å². The molecule has 0 radical (unpaired) electrons. The summed E-state index contributed by atoms with van der Waals surface area (Å²) >= 11 is 12.5. The second-order valence-electron chi connectivity index (χ2n) is 6.98. The number of benzene rings is 2. The predicted octanol–water partition coefficient (Wildman–Crippen LogP) is 2.93. The predicted molar refractivity (Wildman–Crippen MR) is 126 cm³/mol. The van der Waals surface area contributed by atoms with Gasteiger partial charge in [0.25, 0.3) is 0 Å². The first-order chi connectivity index (χ1) is 15.0. The number of nitrogens with one attached hydrogen (secondary N) is 1. The molecule has 1 unspecified atom stereocenters. The van der Waals surface area contributed by atoms with Crippen LogP contribution in [-0.2, 0) is 26.2 Å². The largest absolute Gasteiger partial charge is 0.497 e. The molecule has 0 aliphatic carbocycles. The van der Waals surface area contributed by atoms with Crippen LogP contribution in [0.4, 0.5) is 5.69 Å². The summed E-state index contributed by atoms with van der Waals surface area (Å²) in [6.45, 7) is 0.945. The quantitative estimate of drug-likeness (QED) is 0.569. The number of rotatable bonds is 9. The number of nitrogens with zero attached hydrogens (tertiary/aromatic N) is 2. The van der Waals surface area contributed by atoms with Crippen LogP contribution in [-0.4, -0.2) is 58.1 Å². The molecule has 0 fully saturated rings. The van der Waals surface area contributed by atoms with Crippen molar-refractivity contribution in [2.75, 3.05) is 31.3 Å². The first-order valence-electron chi connectivity index (χ1n) is 9.55. The lowest BCUT2D eigenvalue weighted by atomic mass is 10.1. The average molecular weight is 502 g/mol. The number of carbonyl (C=O) groups excluding carboxylic acids is 2. The molecule has 2 aromatic carbocycles. The summed E-state index contributed by atoms with van der Waals surface area (Å²) < 4.78 is 31.0. The van der Waals surface area contributed by atoms with Gasteiger partial charge in [0.15, 0.2) is 0 Å². The third-order valence-corrected chi connectivity index (χ3v) is 6.69. The standard InChI is InChI=1S/C21H25Cl2N3O5S/c1-14(21(28)24-2)25(12-17-18(22)6-5-7-19(17)23)20(27)13-26(32(4,29)30)15-8-10-16(31-3)11-9-15/h5-11,14H,12-13H2,1-4H3,(H,24,28). The third-order valence-electron chi connectivity index (χ3n) is 4.84. The van der Waals surface area contributed by atoms with E-state index in [9.17, 15) is 18.0 Å². The topological polar surface area (TPSA) is 96.0 Å². The molecular weight excluding hydrogens is 477 g/mol. The molecule has 174 valence electrons. The van der Waals surface area contributed by atoms with Crippen LogP contribution in [0.5, 0.6) is 5.75 Å². The number of anilines is 1. The number of hydrogen-bond acceptors (Lipinski definition) is 5. The molecule has 0 spiro atoms. The molecule has 11 heteroatoms. The summed E-state index contributed by atoms with van der Waals surface area (Å²) in [6.07, 6.45) is 1.00. The number of hydrogen-bond donors (Lipinski definition) is 1. The first-order valence-corrected chi connectivity index (χ1v) is 12.2. The van der Waals surface area contributed by atoms with E-state index in [0.29, 0.717) is 21.4 Å². The Morgan fingerprint density at radius 3 is 2.12 bits per heavy atom. The molecular formula is C21H25Cl2N3O5S. The molecule has 8 nitrogen and oxygen atoms in total. The summed E-state index contributed by atoms with van der Waals surface area (Å²) in [6, 6.07) is 10.2. The molecule has 0 heterocycles. The van der Waals surface area contributed by atoms with Crippen LogP contribution in [0.15, 0.2) is 42.5 Å². The van der Waals surface area contributed by atoms with E-state index in [1.807, 2.05) is 0 Å². The second kappa shape index (κ2) is 10.9. The van der Waals surface area contributed by atoms with Gasteiger partial charge in [-0.3, -0.25) is 13.9 Å². The maximum atomic E-state index is 13.3. The molecule has 1 N–H and O–H groups in total. The highest BCUT2D eigenvalue weighted by Gasteiger charge is 2.30. The molecule has 0 aliphatic heterocycles. The van der Waals surface area contributed by atoms with Crippen LogP contribution in [0.1, 0.15) is 12.5 Å². The maximum Gasteiger partial charge on any atom is 0.244 e. The Labute approximate surface area is 198 Å². The van der Waals surface area contributed by atoms with Crippen molar-refractivity contribution in [3.05, 3.63) is 58.1 Å². The van der Waals surface area contributed by atoms with Crippen molar-refractivity contribution in [1.29, 1.82) is 0 Å². The summed E-state index contributed by atoms with van der Waals surface area (Å²) in [4.78, 5) is 26.9. The van der Waals surface area contributed by atoms with Gasteiger partial charge in [0, 0.05) is 29.2 Å². The van der Waals surface area contributed by atoms with Crippen LogP contribution in [0.3, 0.4) is 0 Å². The fourth-order valence-electron chi connectivity index (χ4n) is 3.01. The van der Waals surface area contributed by atoms with Gasteiger partial charge in [-0.1, -0.05) is 29.3 Å². The van der Waals surface area contributed by atoms with E-state index in [4.69, 9.17) is 27.9 Å². The Kier molecular flexibility index (Phi) is 8.77. The van der Waals surface area contributed by atoms with Gasteiger partial charge in [-0.05, 0) is 43.3 Å². The Balaban J connectivity index is 2.42. The van der Waals surface area contributed by atoms with Crippen LogP contribution in [0.2, 0.25) is 10.0 Å². The van der Waals surface area contributed by atoms with Crippen molar-refractivity contribution in [3.63, 3.8) is 0 Å². The van der Waals surface area contributed by atoms with Crippen molar-refractivity contribution in [3.8, 4) is 5.75 Å². The number of ether oxygens (including phenoxy) is 1. The number of halogens is 2. The molecule has 2 amide bonds. The van der Waals surface area contributed by atoms with E-state index in [1.54, 1.807) is 37.3 Å². The molecule has 0 saturated heterocycles. The number of carbonyl (C=O) groups is 2. The molecule has 32 heavy (non-hydrogen) atoms. The zero-order valence-corrected chi connectivity index (χ0v) is 20.5. The molecule has 0 aliphatic rings. The van der Waals surface area contributed by atoms with E-state index in [0.717, 1.165) is 10.6 Å². The van der Waals surface area contributed by atoms with Crippen molar-refractivity contribution in [1.82, 2.24) is 10.2 Å². The minimum Gasteiger partial charge on any atom is -0.497 e. The third kappa shape index (κ3) is 6.27. The second-order valence-corrected chi connectivity index (χ2v) is 9.70. The Morgan fingerprint density at radius 1 is 1.09 bits per heavy atom. The molecule has 2 aromatic rings. The minimum atomic E-state index is -3.81. The van der Waals surface area contributed by atoms with E-state index in [1.165, 1.54) is 31.2 Å².